The molecular weight excluding hydrogens is 519 g/mol. The highest BCUT2D eigenvalue weighted by atomic mass is 35.5. The molecule has 0 amide bonds. The van der Waals surface area contributed by atoms with Crippen LogP contribution in [0.5, 0.6) is 0 Å². The largest absolute Gasteiger partial charge is 0.478 e. The van der Waals surface area contributed by atoms with Crippen molar-refractivity contribution in [3.63, 3.8) is 0 Å². The van der Waals surface area contributed by atoms with Crippen molar-refractivity contribution < 1.29 is 9.90 Å². The molecule has 0 saturated carbocycles. The molecule has 0 aliphatic heterocycles. The van der Waals surface area contributed by atoms with Crippen LogP contribution >= 0.6 is 34.5 Å². The Balaban J connectivity index is 1.71. The molecular formula is C26H24Cl2N4O3S. The minimum Gasteiger partial charge on any atom is -0.478 e. The molecule has 0 saturated heterocycles. The lowest BCUT2D eigenvalue weighted by molar-refractivity contribution is 0.0697. The number of halogens is 2. The van der Waals surface area contributed by atoms with Crippen LogP contribution < -0.4 is 10.9 Å². The number of pyridine rings is 2. The van der Waals surface area contributed by atoms with E-state index in [-0.39, 0.29) is 16.9 Å². The number of hydrogen-bond donors (Lipinski definition) is 3. The van der Waals surface area contributed by atoms with Crippen LogP contribution in [0.3, 0.4) is 0 Å². The second-order valence-electron chi connectivity index (χ2n) is 8.46. The SMILES string of the molecule is CCC(C)CCc1sc(Nc2ncc(-c3cc[nH]c(=O)c3)cc2C(=O)O)nc1-c1ccc(Cl)c(Cl)c1. The lowest BCUT2D eigenvalue weighted by Crippen LogP contribution is -2.06. The molecule has 4 aromatic rings. The van der Waals surface area contributed by atoms with Crippen molar-refractivity contribution in [1.29, 1.82) is 0 Å². The summed E-state index contributed by atoms with van der Waals surface area (Å²) in [4.78, 5) is 36.4. The highest BCUT2D eigenvalue weighted by Gasteiger charge is 2.19. The zero-order valence-electron chi connectivity index (χ0n) is 19.6. The predicted octanol–water partition coefficient (Wildman–Crippen LogP) is 7.29. The van der Waals surface area contributed by atoms with Crippen molar-refractivity contribution in [2.75, 3.05) is 5.32 Å². The minimum atomic E-state index is -1.14. The molecule has 1 atom stereocenters. The first kappa shape index (κ1) is 25.9. The van der Waals surface area contributed by atoms with E-state index in [1.54, 1.807) is 18.2 Å². The quantitative estimate of drug-likeness (QED) is 0.205. The van der Waals surface area contributed by atoms with Crippen molar-refractivity contribution in [3.05, 3.63) is 79.6 Å². The second kappa shape index (κ2) is 11.2. The molecule has 1 aromatic carbocycles. The monoisotopic (exact) mass is 542 g/mol. The second-order valence-corrected chi connectivity index (χ2v) is 10.4. The summed E-state index contributed by atoms with van der Waals surface area (Å²) in [5, 5.41) is 14.4. The molecule has 0 spiro atoms. The van der Waals surface area contributed by atoms with Gasteiger partial charge in [0.25, 0.3) is 0 Å². The van der Waals surface area contributed by atoms with Gasteiger partial charge in [-0.1, -0.05) is 49.5 Å². The summed E-state index contributed by atoms with van der Waals surface area (Å²) in [6, 6.07) is 9.96. The molecule has 1 unspecified atom stereocenters. The van der Waals surface area contributed by atoms with Crippen LogP contribution in [0.25, 0.3) is 22.4 Å². The highest BCUT2D eigenvalue weighted by Crippen LogP contribution is 2.37. The molecule has 36 heavy (non-hydrogen) atoms. The van der Waals surface area contributed by atoms with Crippen LogP contribution in [0, 0.1) is 5.92 Å². The summed E-state index contributed by atoms with van der Waals surface area (Å²) < 4.78 is 0. The number of aromatic amines is 1. The number of aryl methyl sites for hydroxylation is 1. The van der Waals surface area contributed by atoms with Gasteiger partial charge in [-0.15, -0.1) is 11.3 Å². The molecule has 0 radical (unpaired) electrons. The fourth-order valence-electron chi connectivity index (χ4n) is 3.64. The van der Waals surface area contributed by atoms with Gasteiger partial charge in [-0.25, -0.2) is 14.8 Å². The first-order valence-corrected chi connectivity index (χ1v) is 13.0. The van der Waals surface area contributed by atoms with Crippen LogP contribution in [-0.4, -0.2) is 26.0 Å². The number of nitrogens with one attached hydrogen (secondary N) is 2. The average molecular weight is 543 g/mol. The summed E-state index contributed by atoms with van der Waals surface area (Å²) in [7, 11) is 0. The zero-order valence-corrected chi connectivity index (χ0v) is 22.0. The minimum absolute atomic E-state index is 0.0276. The summed E-state index contributed by atoms with van der Waals surface area (Å²) in [6.07, 6.45) is 5.93. The number of carbonyl (C=O) groups is 1. The van der Waals surface area contributed by atoms with E-state index in [0.29, 0.717) is 32.2 Å². The summed E-state index contributed by atoms with van der Waals surface area (Å²) in [5.74, 6) is -0.419. The van der Waals surface area contributed by atoms with Crippen LogP contribution in [0.2, 0.25) is 10.0 Å². The van der Waals surface area contributed by atoms with Gasteiger partial charge in [0.1, 0.15) is 11.4 Å². The third-order valence-corrected chi connectivity index (χ3v) is 7.67. The Morgan fingerprint density at radius 3 is 2.64 bits per heavy atom. The third kappa shape index (κ3) is 5.95. The van der Waals surface area contributed by atoms with Gasteiger partial charge >= 0.3 is 5.97 Å². The highest BCUT2D eigenvalue weighted by molar-refractivity contribution is 7.16. The van der Waals surface area contributed by atoms with Crippen LogP contribution in [0.4, 0.5) is 10.9 Å². The summed E-state index contributed by atoms with van der Waals surface area (Å²) in [5.41, 5.74) is 2.40. The molecule has 4 rings (SSSR count). The Morgan fingerprint density at radius 1 is 1.14 bits per heavy atom. The number of rotatable bonds is 9. The molecule has 186 valence electrons. The maximum atomic E-state index is 12.0. The Labute approximate surface area is 222 Å². The maximum absolute atomic E-state index is 12.0. The van der Waals surface area contributed by atoms with E-state index in [4.69, 9.17) is 28.2 Å². The van der Waals surface area contributed by atoms with Crippen molar-refractivity contribution in [2.45, 2.75) is 33.1 Å². The molecule has 7 nitrogen and oxygen atoms in total. The normalized spacial score (nSPS) is 11.9. The lowest BCUT2D eigenvalue weighted by atomic mass is 10.0. The number of aromatic carboxylic acids is 1. The molecule has 3 aromatic heterocycles. The number of anilines is 2. The molecule has 0 aliphatic rings. The number of aromatic nitrogens is 3. The maximum Gasteiger partial charge on any atom is 0.339 e. The predicted molar refractivity (Wildman–Crippen MR) is 146 cm³/mol. The number of benzene rings is 1. The average Bonchev–Trinajstić information content (AvgIpc) is 3.26. The van der Waals surface area contributed by atoms with Crippen molar-refractivity contribution in [3.8, 4) is 22.4 Å². The van der Waals surface area contributed by atoms with E-state index < -0.39 is 5.97 Å². The molecule has 0 bridgehead atoms. The van der Waals surface area contributed by atoms with Gasteiger partial charge in [0.05, 0.1) is 15.7 Å². The number of H-pyrrole nitrogens is 1. The number of carboxylic acid groups (broad SMARTS) is 1. The molecule has 10 heteroatoms. The van der Waals surface area contributed by atoms with Gasteiger partial charge in [0.2, 0.25) is 5.56 Å². The Bertz CT molecular complexity index is 1470. The van der Waals surface area contributed by atoms with E-state index in [1.165, 1.54) is 35.9 Å². The van der Waals surface area contributed by atoms with Gasteiger partial charge in [-0.2, -0.15) is 0 Å². The van der Waals surface area contributed by atoms with Gasteiger partial charge in [0.15, 0.2) is 5.13 Å². The topological polar surface area (TPSA) is 108 Å². The number of nitrogens with zero attached hydrogens (tertiary/aromatic N) is 2. The number of carboxylic acids is 1. The van der Waals surface area contributed by atoms with Crippen molar-refractivity contribution >= 4 is 51.5 Å². The molecule has 3 N–H and O–H groups in total. The fourth-order valence-corrected chi connectivity index (χ4v) is 4.93. The van der Waals surface area contributed by atoms with Gasteiger partial charge < -0.3 is 15.4 Å². The van der Waals surface area contributed by atoms with E-state index in [2.05, 4.69) is 29.1 Å². The van der Waals surface area contributed by atoms with E-state index in [9.17, 15) is 14.7 Å². The molecule has 0 fully saturated rings. The zero-order chi connectivity index (χ0) is 25.8. The summed E-state index contributed by atoms with van der Waals surface area (Å²) >= 11 is 13.8. The lowest BCUT2D eigenvalue weighted by Gasteiger charge is -2.08. The van der Waals surface area contributed by atoms with Crippen molar-refractivity contribution in [2.24, 2.45) is 5.92 Å². The fraction of sp³-hybridized carbons (Fsp3) is 0.231. The number of hydrogen-bond acceptors (Lipinski definition) is 6. The first-order valence-electron chi connectivity index (χ1n) is 11.4. The Kier molecular flexibility index (Phi) is 8.08. The van der Waals surface area contributed by atoms with E-state index in [1.807, 2.05) is 6.07 Å². The van der Waals surface area contributed by atoms with Crippen molar-refractivity contribution in [1.82, 2.24) is 15.0 Å². The first-order chi connectivity index (χ1) is 17.2. The van der Waals surface area contributed by atoms with Crippen LogP contribution in [0.15, 0.2) is 53.6 Å². The smallest absolute Gasteiger partial charge is 0.339 e. The Morgan fingerprint density at radius 2 is 1.94 bits per heavy atom. The third-order valence-electron chi connectivity index (χ3n) is 5.90. The van der Waals surface area contributed by atoms with Gasteiger partial charge in [-0.3, -0.25) is 4.79 Å². The van der Waals surface area contributed by atoms with E-state index >= 15 is 0 Å². The van der Waals surface area contributed by atoms with Gasteiger partial charge in [-0.05, 0) is 48.6 Å². The van der Waals surface area contributed by atoms with Gasteiger partial charge in [0, 0.05) is 34.5 Å². The van der Waals surface area contributed by atoms with Crippen LogP contribution in [-0.2, 0) is 6.42 Å². The Hall–Kier alpha value is -3.20. The van der Waals surface area contributed by atoms with E-state index in [0.717, 1.165) is 35.4 Å². The molecule has 3 heterocycles. The summed E-state index contributed by atoms with van der Waals surface area (Å²) in [6.45, 7) is 4.38. The van der Waals surface area contributed by atoms with Crippen LogP contribution in [0.1, 0.15) is 41.9 Å². The molecule has 0 aliphatic carbocycles. The number of thiazole rings is 1. The standard InChI is InChI=1S/C26H24Cl2N4O3S/c1-3-14(2)4-7-21-23(16-5-6-19(27)20(28)11-16)31-26(36-21)32-24-18(25(34)35)10-17(13-30-24)15-8-9-29-22(33)12-15/h5-6,8-14H,3-4,7H2,1-2H3,(H,29,33)(H,34,35)(H,30,31,32).